The van der Waals surface area contributed by atoms with Gasteiger partial charge in [-0.25, -0.2) is 0 Å². The molecule has 0 saturated heterocycles. The van der Waals surface area contributed by atoms with E-state index in [0.717, 1.165) is 22.3 Å². The van der Waals surface area contributed by atoms with Crippen molar-refractivity contribution in [2.75, 3.05) is 6.61 Å². The second-order valence-corrected chi connectivity index (χ2v) is 10.2. The summed E-state index contributed by atoms with van der Waals surface area (Å²) in [7, 11) is 0. The van der Waals surface area contributed by atoms with E-state index in [1.54, 1.807) is 13.8 Å². The summed E-state index contributed by atoms with van der Waals surface area (Å²) in [6, 6.07) is 15.9. The van der Waals surface area contributed by atoms with Crippen LogP contribution in [0.25, 0.3) is 11.1 Å². The van der Waals surface area contributed by atoms with Crippen LogP contribution in [-0.4, -0.2) is 39.4 Å². The van der Waals surface area contributed by atoms with E-state index in [1.807, 2.05) is 48.5 Å². The zero-order valence-corrected chi connectivity index (χ0v) is 22.4. The monoisotopic (exact) mass is 613 g/mol. The summed E-state index contributed by atoms with van der Waals surface area (Å²) in [6.07, 6.45) is -10.8. The van der Waals surface area contributed by atoms with E-state index in [1.165, 1.54) is 0 Å². The number of hydrogen-bond acceptors (Lipinski definition) is 3. The Hall–Kier alpha value is -3.30. The molecule has 4 nitrogen and oxygen atoms in total. The van der Waals surface area contributed by atoms with Crippen LogP contribution in [0.4, 0.5) is 36.8 Å². The van der Waals surface area contributed by atoms with E-state index in [0.29, 0.717) is 12.1 Å². The molecule has 1 atom stereocenters. The summed E-state index contributed by atoms with van der Waals surface area (Å²) in [5, 5.41) is 2.62. The molecular formula is C28H23F6N2O2Se. The third-order valence-corrected chi connectivity index (χ3v) is 7.13. The second kappa shape index (κ2) is 11.1. The van der Waals surface area contributed by atoms with Gasteiger partial charge < -0.3 is 0 Å². The number of fused-ring (bicyclic) bond motifs is 3. The average molecular weight is 612 g/mol. The fourth-order valence-corrected chi connectivity index (χ4v) is 5.41. The van der Waals surface area contributed by atoms with Gasteiger partial charge in [-0.3, -0.25) is 0 Å². The first kappa shape index (κ1) is 28.7. The van der Waals surface area contributed by atoms with Gasteiger partial charge in [0.25, 0.3) is 0 Å². The Balaban J connectivity index is 1.52. The number of carbonyl (C=O) groups is 1. The number of benzene rings is 3. The predicted molar refractivity (Wildman–Crippen MR) is 136 cm³/mol. The van der Waals surface area contributed by atoms with Crippen molar-refractivity contribution in [1.29, 1.82) is 0 Å². The number of rotatable bonds is 6. The Morgan fingerprint density at radius 3 is 2.00 bits per heavy atom. The van der Waals surface area contributed by atoms with Gasteiger partial charge >= 0.3 is 229 Å². The van der Waals surface area contributed by atoms with Crippen LogP contribution in [-0.2, 0) is 17.1 Å². The number of amides is 1. The molecule has 0 aliphatic heterocycles. The van der Waals surface area contributed by atoms with Crippen LogP contribution in [0.3, 0.4) is 0 Å². The predicted octanol–water partition coefficient (Wildman–Crippen LogP) is 7.49. The summed E-state index contributed by atoms with van der Waals surface area (Å²) in [5.41, 5.74) is 0.457. The molecule has 0 saturated carbocycles. The van der Waals surface area contributed by atoms with E-state index in [4.69, 9.17) is 4.74 Å². The zero-order chi connectivity index (χ0) is 28.5. The molecule has 0 spiro atoms. The Morgan fingerprint density at radius 2 is 1.49 bits per heavy atom. The third-order valence-electron chi connectivity index (χ3n) is 6.41. The minimum atomic E-state index is -5.08. The molecule has 4 rings (SSSR count). The molecular weight excluding hydrogens is 589 g/mol. The minimum absolute atomic E-state index is 0.0233. The van der Waals surface area contributed by atoms with Crippen molar-refractivity contribution in [3.8, 4) is 11.1 Å². The number of carbonyl (C=O) groups excluding carboxylic acids is 1. The van der Waals surface area contributed by atoms with Crippen LogP contribution in [0.2, 0.25) is 0 Å². The number of ether oxygens (including phenoxy) is 1. The van der Waals surface area contributed by atoms with Gasteiger partial charge in [0.05, 0.1) is 0 Å². The molecule has 1 N–H and O–H groups in total. The van der Waals surface area contributed by atoms with Crippen molar-refractivity contribution in [3.63, 3.8) is 0 Å². The third kappa shape index (κ3) is 6.31. The topological polar surface area (TPSA) is 50.7 Å². The van der Waals surface area contributed by atoms with Crippen molar-refractivity contribution in [2.24, 2.45) is 10.9 Å². The van der Waals surface area contributed by atoms with Crippen LogP contribution in [0.1, 0.15) is 42.0 Å². The number of alkyl carbamates (subject to hydrolysis) is 1. The van der Waals surface area contributed by atoms with Crippen LogP contribution < -0.4 is 5.32 Å². The van der Waals surface area contributed by atoms with Crippen molar-refractivity contribution in [1.82, 2.24) is 5.32 Å². The van der Waals surface area contributed by atoms with Gasteiger partial charge in [-0.2, -0.15) is 0 Å². The summed E-state index contributed by atoms with van der Waals surface area (Å²) in [4.78, 5) is 16.7. The molecule has 1 aliphatic carbocycles. The van der Waals surface area contributed by atoms with Gasteiger partial charge in [-0.15, -0.1) is 0 Å². The quantitative estimate of drug-likeness (QED) is 0.178. The molecule has 11 heteroatoms. The molecule has 3 aromatic rings. The Labute approximate surface area is 229 Å². The molecule has 1 radical (unpaired) electrons. The van der Waals surface area contributed by atoms with E-state index < -0.39 is 41.3 Å². The molecule has 1 aliphatic rings. The van der Waals surface area contributed by atoms with Crippen LogP contribution in [0, 0.1) is 5.92 Å². The van der Waals surface area contributed by atoms with Crippen LogP contribution >= 0.6 is 0 Å². The second-order valence-electron chi connectivity index (χ2n) is 9.37. The van der Waals surface area contributed by atoms with Gasteiger partial charge in [0.1, 0.15) is 0 Å². The van der Waals surface area contributed by atoms with Gasteiger partial charge in [-0.05, 0) is 0 Å². The number of halogens is 6. The standard InChI is InChI=1S/C28H23F6N2O2Se/c1-15(2)24(25(39)35-23-12-11-16(27(29,30)31)13-22(23)28(32,33)34)36-26(37)38-14-21-19-9-5-3-7-17(19)18-8-4-6-10-20(18)21/h3-13,15,21,24H,14H2,1-2H3,(H,36,37)/t24-/m0/s1. The fourth-order valence-electron chi connectivity index (χ4n) is 4.51. The Bertz CT molecular complexity index is 1360. The molecule has 0 heterocycles. The Kier molecular flexibility index (Phi) is 8.14. The summed E-state index contributed by atoms with van der Waals surface area (Å²) in [6.45, 7) is 3.44. The first-order chi connectivity index (χ1) is 18.3. The molecule has 1 amide bonds. The molecule has 0 bridgehead atoms. The van der Waals surface area contributed by atoms with E-state index in [9.17, 15) is 31.1 Å². The van der Waals surface area contributed by atoms with Gasteiger partial charge in [0.2, 0.25) is 0 Å². The number of alkyl halides is 6. The van der Waals surface area contributed by atoms with E-state index >= 15 is 0 Å². The van der Waals surface area contributed by atoms with E-state index in [-0.39, 0.29) is 29.1 Å². The molecule has 0 fully saturated rings. The zero-order valence-electron chi connectivity index (χ0n) is 20.7. The number of hydrogen-bond donors (Lipinski definition) is 1. The normalized spacial score (nSPS) is 14.6. The van der Waals surface area contributed by atoms with Crippen molar-refractivity contribution in [2.45, 2.75) is 38.2 Å². The first-order valence-electron chi connectivity index (χ1n) is 11.9. The van der Waals surface area contributed by atoms with Crippen molar-refractivity contribution in [3.05, 3.63) is 89.0 Å². The number of aliphatic imine (C=N–C) groups is 1. The molecule has 39 heavy (non-hydrogen) atoms. The SMILES string of the molecule is CC(C)[C@H](NC(=O)OCC1c2ccccc2-c2ccccc21)C([Se])=Nc1ccc(C(F)(F)F)cc1C(F)(F)F. The first-order valence-corrected chi connectivity index (χ1v) is 12.8. The molecule has 0 aromatic heterocycles. The van der Waals surface area contributed by atoms with Crippen molar-refractivity contribution >= 4 is 32.4 Å². The molecule has 3 aromatic carbocycles. The van der Waals surface area contributed by atoms with E-state index in [2.05, 4.69) is 26.3 Å². The maximum absolute atomic E-state index is 13.6. The van der Waals surface area contributed by atoms with Gasteiger partial charge in [0.15, 0.2) is 0 Å². The van der Waals surface area contributed by atoms with Gasteiger partial charge in [0, 0.05) is 0 Å². The average Bonchev–Trinajstić information content (AvgIpc) is 3.18. The Morgan fingerprint density at radius 1 is 0.923 bits per heavy atom. The summed E-state index contributed by atoms with van der Waals surface area (Å²) in [5.74, 6) is -0.530. The summed E-state index contributed by atoms with van der Waals surface area (Å²) >= 11 is 2.55. The maximum atomic E-state index is 13.6. The molecule has 0 unspecified atom stereocenters. The number of nitrogens with one attached hydrogen (secondary N) is 1. The summed E-state index contributed by atoms with van der Waals surface area (Å²) < 4.78 is 85.2. The van der Waals surface area contributed by atoms with Crippen LogP contribution in [0.5, 0.6) is 0 Å². The molecule has 205 valence electrons. The van der Waals surface area contributed by atoms with Gasteiger partial charge in [-0.1, -0.05) is 0 Å². The number of nitrogens with zero attached hydrogens (tertiary/aromatic N) is 1. The fraction of sp³-hybridized carbons (Fsp3) is 0.286. The van der Waals surface area contributed by atoms with Crippen LogP contribution in [0.15, 0.2) is 71.7 Å². The van der Waals surface area contributed by atoms with Crippen molar-refractivity contribution < 1.29 is 35.9 Å².